The van der Waals surface area contributed by atoms with Crippen LogP contribution in [-0.4, -0.2) is 50.5 Å². The lowest BCUT2D eigenvalue weighted by molar-refractivity contribution is 0.0949. The van der Waals surface area contributed by atoms with Crippen molar-refractivity contribution in [2.75, 3.05) is 27.9 Å². The second kappa shape index (κ2) is 9.29. The average Bonchev–Trinajstić information content (AvgIpc) is 3.07. The first-order valence-corrected chi connectivity index (χ1v) is 10.7. The molecule has 0 unspecified atom stereocenters. The van der Waals surface area contributed by atoms with E-state index in [2.05, 4.69) is 20.8 Å². The quantitative estimate of drug-likeness (QED) is 0.578. The lowest BCUT2D eigenvalue weighted by atomic mass is 9.90. The van der Waals surface area contributed by atoms with Crippen molar-refractivity contribution in [3.63, 3.8) is 0 Å². The van der Waals surface area contributed by atoms with Gasteiger partial charge in [-0.3, -0.25) is 10.2 Å². The number of ketones is 1. The minimum Gasteiger partial charge on any atom is -0.493 e. The van der Waals surface area contributed by atoms with E-state index < -0.39 is 5.82 Å². The molecule has 33 heavy (non-hydrogen) atoms. The van der Waals surface area contributed by atoms with E-state index in [9.17, 15) is 9.18 Å². The third kappa shape index (κ3) is 4.74. The monoisotopic (exact) mass is 458 g/mol. The summed E-state index contributed by atoms with van der Waals surface area (Å²) in [6, 6.07) is 6.65. The number of nitrogens with one attached hydrogen (secondary N) is 1. The van der Waals surface area contributed by atoms with Gasteiger partial charge in [-0.15, -0.1) is 0 Å². The normalized spacial score (nSPS) is 14.1. The molecule has 1 atom stereocenters. The number of nitrogens with zero attached hydrogens (tertiary/aromatic N) is 1. The van der Waals surface area contributed by atoms with E-state index in [-0.39, 0.29) is 53.3 Å². The molecule has 0 bridgehead atoms. The highest BCUT2D eigenvalue weighted by Crippen LogP contribution is 2.38. The van der Waals surface area contributed by atoms with Crippen LogP contribution in [0.2, 0.25) is 0 Å². The van der Waals surface area contributed by atoms with Crippen LogP contribution in [0.3, 0.4) is 0 Å². The van der Waals surface area contributed by atoms with Crippen LogP contribution in [0.15, 0.2) is 24.3 Å². The third-order valence-electron chi connectivity index (χ3n) is 5.95. The molecular formula is C25H31FN2O5. The summed E-state index contributed by atoms with van der Waals surface area (Å²) in [5.41, 5.74) is 1.01. The van der Waals surface area contributed by atoms with Crippen LogP contribution >= 0.6 is 0 Å². The Bertz CT molecular complexity index is 1080. The largest absolute Gasteiger partial charge is 0.493 e. The molecule has 2 aromatic rings. The second-order valence-electron chi connectivity index (χ2n) is 9.08. The number of ether oxygens (including phenoxy) is 4. The summed E-state index contributed by atoms with van der Waals surface area (Å²) < 4.78 is 36.8. The molecule has 0 saturated heterocycles. The van der Waals surface area contributed by atoms with Crippen LogP contribution in [0, 0.1) is 16.6 Å². The smallest absolute Gasteiger partial charge is 0.197 e. The van der Waals surface area contributed by atoms with Gasteiger partial charge in [0, 0.05) is 12.1 Å². The Morgan fingerprint density at radius 3 is 2.33 bits per heavy atom. The molecular weight excluding hydrogens is 427 g/mol. The number of carbonyl (C=O) groups excluding carboxylic acids is 1. The zero-order valence-electron chi connectivity index (χ0n) is 20.2. The summed E-state index contributed by atoms with van der Waals surface area (Å²) >= 11 is 0. The van der Waals surface area contributed by atoms with E-state index in [1.54, 1.807) is 31.4 Å². The zero-order valence-corrected chi connectivity index (χ0v) is 20.2. The van der Waals surface area contributed by atoms with Gasteiger partial charge in [-0.25, -0.2) is 4.39 Å². The number of amidine groups is 1. The fourth-order valence-electron chi connectivity index (χ4n) is 3.53. The molecule has 0 amide bonds. The van der Waals surface area contributed by atoms with Gasteiger partial charge >= 0.3 is 0 Å². The Hall–Kier alpha value is -3.29. The first-order chi connectivity index (χ1) is 15.5. The molecule has 8 heteroatoms. The highest BCUT2D eigenvalue weighted by atomic mass is 19.1. The number of benzene rings is 2. The highest BCUT2D eigenvalue weighted by molar-refractivity contribution is 6.06. The van der Waals surface area contributed by atoms with Gasteiger partial charge in [0.2, 0.25) is 0 Å². The molecule has 0 saturated carbocycles. The SMILES string of the molecule is COc1ccc(C(=O)CN2Cc3cc(OC)c(OC)c(F)c3C2=N)cc1O[C@@H](C)C(C)(C)C. The van der Waals surface area contributed by atoms with Crippen LogP contribution in [0.5, 0.6) is 23.0 Å². The van der Waals surface area contributed by atoms with Crippen molar-refractivity contribution in [2.45, 2.75) is 40.3 Å². The molecule has 0 aromatic heterocycles. The summed E-state index contributed by atoms with van der Waals surface area (Å²) in [4.78, 5) is 14.6. The molecule has 1 N–H and O–H groups in total. The van der Waals surface area contributed by atoms with E-state index in [1.807, 2.05) is 6.92 Å². The summed E-state index contributed by atoms with van der Waals surface area (Å²) in [6.07, 6.45) is -0.119. The van der Waals surface area contributed by atoms with E-state index in [0.29, 0.717) is 22.6 Å². The number of rotatable bonds is 8. The fraction of sp³-hybridized carbons (Fsp3) is 0.440. The Balaban J connectivity index is 1.83. The van der Waals surface area contributed by atoms with Crippen LogP contribution in [-0.2, 0) is 6.54 Å². The predicted molar refractivity (Wildman–Crippen MR) is 124 cm³/mol. The summed E-state index contributed by atoms with van der Waals surface area (Å²) in [5, 5.41) is 8.44. The molecule has 3 rings (SSSR count). The number of fused-ring (bicyclic) bond motifs is 1. The van der Waals surface area contributed by atoms with Gasteiger partial charge in [0.25, 0.3) is 0 Å². The van der Waals surface area contributed by atoms with Crippen LogP contribution in [0.4, 0.5) is 4.39 Å². The molecule has 0 spiro atoms. The number of methoxy groups -OCH3 is 3. The topological polar surface area (TPSA) is 81.1 Å². The van der Waals surface area contributed by atoms with E-state index in [1.165, 1.54) is 19.1 Å². The van der Waals surface area contributed by atoms with Crippen molar-refractivity contribution in [1.29, 1.82) is 5.41 Å². The molecule has 0 fully saturated rings. The maximum absolute atomic E-state index is 15.0. The molecule has 1 aliphatic heterocycles. The first-order valence-electron chi connectivity index (χ1n) is 10.7. The van der Waals surface area contributed by atoms with Crippen molar-refractivity contribution < 1.29 is 28.1 Å². The van der Waals surface area contributed by atoms with Crippen molar-refractivity contribution in [2.24, 2.45) is 5.41 Å². The Kier molecular flexibility index (Phi) is 6.86. The standard InChI is InChI=1S/C25H31FN2O5/c1-14(25(2,3)4)33-19-10-15(8-9-18(19)30-5)17(29)13-28-12-16-11-20(31-6)23(32-7)22(26)21(16)24(28)27/h8-11,14,27H,12-13H2,1-7H3/t14-/m0/s1. The van der Waals surface area contributed by atoms with Crippen LogP contribution < -0.4 is 18.9 Å². The number of hydrogen-bond donors (Lipinski definition) is 1. The summed E-state index contributed by atoms with van der Waals surface area (Å²) in [5.74, 6) is 0.254. The van der Waals surface area contributed by atoms with Gasteiger partial charge in [0.15, 0.2) is 34.6 Å². The molecule has 1 aliphatic rings. The van der Waals surface area contributed by atoms with Gasteiger partial charge in [-0.1, -0.05) is 20.8 Å². The average molecular weight is 459 g/mol. The predicted octanol–water partition coefficient (Wildman–Crippen LogP) is 4.69. The Morgan fingerprint density at radius 1 is 1.09 bits per heavy atom. The van der Waals surface area contributed by atoms with E-state index in [0.717, 1.165) is 0 Å². The fourth-order valence-corrected chi connectivity index (χ4v) is 3.53. The van der Waals surface area contributed by atoms with Crippen molar-refractivity contribution in [3.05, 3.63) is 46.8 Å². The van der Waals surface area contributed by atoms with Crippen LogP contribution in [0.1, 0.15) is 49.2 Å². The highest BCUT2D eigenvalue weighted by Gasteiger charge is 2.33. The minimum atomic E-state index is -0.664. The number of Topliss-reactive ketones (excluding diaryl/α,β-unsaturated/α-hetero) is 1. The van der Waals surface area contributed by atoms with E-state index in [4.69, 9.17) is 24.4 Å². The second-order valence-corrected chi connectivity index (χ2v) is 9.08. The Labute approximate surface area is 193 Å². The van der Waals surface area contributed by atoms with Gasteiger partial charge in [0.05, 0.1) is 33.4 Å². The van der Waals surface area contributed by atoms with Gasteiger partial charge in [-0.2, -0.15) is 0 Å². The lowest BCUT2D eigenvalue weighted by Crippen LogP contribution is -2.31. The number of halogens is 1. The molecule has 0 aliphatic carbocycles. The number of carbonyl (C=O) groups is 1. The minimum absolute atomic E-state index is 0.0564. The molecule has 7 nitrogen and oxygen atoms in total. The number of hydrogen-bond acceptors (Lipinski definition) is 6. The third-order valence-corrected chi connectivity index (χ3v) is 5.95. The van der Waals surface area contributed by atoms with Gasteiger partial charge in [-0.05, 0) is 42.2 Å². The van der Waals surface area contributed by atoms with Gasteiger partial charge < -0.3 is 23.8 Å². The van der Waals surface area contributed by atoms with Crippen LogP contribution in [0.25, 0.3) is 0 Å². The zero-order chi connectivity index (χ0) is 24.5. The molecule has 0 radical (unpaired) electrons. The van der Waals surface area contributed by atoms with Crippen molar-refractivity contribution in [3.8, 4) is 23.0 Å². The van der Waals surface area contributed by atoms with Crippen molar-refractivity contribution in [1.82, 2.24) is 4.90 Å². The lowest BCUT2D eigenvalue weighted by Gasteiger charge is -2.28. The molecule has 2 aromatic carbocycles. The van der Waals surface area contributed by atoms with E-state index >= 15 is 0 Å². The van der Waals surface area contributed by atoms with Gasteiger partial charge in [0.1, 0.15) is 11.9 Å². The Morgan fingerprint density at radius 2 is 1.76 bits per heavy atom. The van der Waals surface area contributed by atoms with Crippen molar-refractivity contribution >= 4 is 11.6 Å². The summed E-state index contributed by atoms with van der Waals surface area (Å²) in [6.45, 7) is 8.31. The maximum Gasteiger partial charge on any atom is 0.197 e. The molecule has 1 heterocycles. The molecule has 178 valence electrons. The summed E-state index contributed by atoms with van der Waals surface area (Å²) in [7, 11) is 4.32. The maximum atomic E-state index is 15.0. The first kappa shape index (κ1) is 24.4.